The average Bonchev–Trinajstić information content (AvgIpc) is 3.35. The summed E-state index contributed by atoms with van der Waals surface area (Å²) in [6.45, 7) is 2.71. The van der Waals surface area contributed by atoms with E-state index in [1.807, 2.05) is 66.0 Å². The number of rotatable bonds is 8. The molecule has 0 N–H and O–H groups in total. The van der Waals surface area contributed by atoms with Crippen molar-refractivity contribution < 1.29 is 23.6 Å². The third kappa shape index (κ3) is 5.05. The van der Waals surface area contributed by atoms with Crippen LogP contribution in [0, 0.1) is 17.8 Å². The number of aryl methyl sites for hydroxylation is 1. The molecule has 1 aliphatic carbocycles. The predicted molar refractivity (Wildman–Crippen MR) is 119 cm³/mol. The lowest BCUT2D eigenvalue weighted by Gasteiger charge is -2.28. The normalized spacial score (nSPS) is 22.5. The number of esters is 2. The Morgan fingerprint density at radius 2 is 1.97 bits per heavy atom. The first kappa shape index (κ1) is 22.6. The number of imidazole rings is 1. The van der Waals surface area contributed by atoms with E-state index in [9.17, 15) is 9.59 Å². The molecule has 1 unspecified atom stereocenters. The van der Waals surface area contributed by atoms with Crippen LogP contribution in [0.25, 0.3) is 0 Å². The number of benzene rings is 1. The molecule has 2 aromatic rings. The van der Waals surface area contributed by atoms with E-state index in [-0.39, 0.29) is 36.4 Å². The van der Waals surface area contributed by atoms with Crippen LogP contribution in [-0.2, 0) is 39.3 Å². The topological polar surface area (TPSA) is 61.4 Å². The van der Waals surface area contributed by atoms with E-state index >= 15 is 0 Å². The van der Waals surface area contributed by atoms with Gasteiger partial charge in [0, 0.05) is 12.3 Å². The van der Waals surface area contributed by atoms with Gasteiger partial charge in [0.25, 0.3) is 0 Å². The van der Waals surface area contributed by atoms with Crippen molar-refractivity contribution in [3.05, 3.63) is 54.1 Å². The number of hydrogen-bond acceptors (Lipinski definition) is 4. The Labute approximate surface area is 190 Å². The molecular weight excluding hydrogens is 404 g/mol. The summed E-state index contributed by atoms with van der Waals surface area (Å²) in [4.78, 5) is 25.1. The molecule has 1 aromatic heterocycles. The van der Waals surface area contributed by atoms with Crippen molar-refractivity contribution in [2.75, 3.05) is 6.61 Å². The van der Waals surface area contributed by atoms with Gasteiger partial charge in [-0.25, -0.2) is 9.13 Å². The van der Waals surface area contributed by atoms with Gasteiger partial charge in [-0.05, 0) is 30.7 Å². The summed E-state index contributed by atoms with van der Waals surface area (Å²) in [5.74, 6) is 0.0993. The summed E-state index contributed by atoms with van der Waals surface area (Å²) in [6, 6.07) is 10.1. The summed E-state index contributed by atoms with van der Waals surface area (Å²) in [7, 11) is 1.99. The highest BCUT2D eigenvalue weighted by molar-refractivity contribution is 5.78. The van der Waals surface area contributed by atoms with E-state index in [0.29, 0.717) is 12.5 Å². The minimum absolute atomic E-state index is 0.0294. The zero-order valence-corrected chi connectivity index (χ0v) is 19.2. The maximum atomic E-state index is 13.2. The molecule has 2 heterocycles. The lowest BCUT2D eigenvalue weighted by molar-refractivity contribution is -0.727. The van der Waals surface area contributed by atoms with Crippen molar-refractivity contribution in [2.24, 2.45) is 24.8 Å². The van der Waals surface area contributed by atoms with Crippen LogP contribution in [0.15, 0.2) is 42.9 Å². The summed E-state index contributed by atoms with van der Waals surface area (Å²) in [5, 5.41) is 0. The smallest absolute Gasteiger partial charge is 0.316 e. The van der Waals surface area contributed by atoms with E-state index < -0.39 is 0 Å². The van der Waals surface area contributed by atoms with Crippen LogP contribution in [0.5, 0.6) is 0 Å². The van der Waals surface area contributed by atoms with Gasteiger partial charge in [-0.15, -0.1) is 0 Å². The van der Waals surface area contributed by atoms with Gasteiger partial charge in [0.1, 0.15) is 11.9 Å². The fraction of sp³-hybridized carbons (Fsp3) is 0.577. The molecule has 1 aromatic carbocycles. The van der Waals surface area contributed by atoms with E-state index in [0.717, 1.165) is 36.9 Å². The third-order valence-corrected chi connectivity index (χ3v) is 7.20. The van der Waals surface area contributed by atoms with Crippen molar-refractivity contribution in [2.45, 2.75) is 64.5 Å². The Hall–Kier alpha value is -2.63. The molecule has 0 amide bonds. The predicted octanol–water partition coefficient (Wildman–Crippen LogP) is 3.92. The van der Waals surface area contributed by atoms with Crippen molar-refractivity contribution in [3.8, 4) is 0 Å². The molecule has 32 heavy (non-hydrogen) atoms. The fourth-order valence-corrected chi connectivity index (χ4v) is 5.41. The van der Waals surface area contributed by atoms with E-state index in [2.05, 4.69) is 0 Å². The molecule has 0 spiro atoms. The second-order valence-corrected chi connectivity index (χ2v) is 9.35. The van der Waals surface area contributed by atoms with Crippen molar-refractivity contribution in [1.29, 1.82) is 0 Å². The Bertz CT molecular complexity index is 917. The average molecular weight is 440 g/mol. The summed E-state index contributed by atoms with van der Waals surface area (Å²) in [5.41, 5.74) is 2.16. The van der Waals surface area contributed by atoms with Gasteiger partial charge in [0.05, 0.1) is 25.5 Å². The van der Waals surface area contributed by atoms with Crippen molar-refractivity contribution in [3.63, 3.8) is 0 Å². The molecule has 1 aliphatic heterocycles. The first-order valence-electron chi connectivity index (χ1n) is 12.0. The van der Waals surface area contributed by atoms with Crippen LogP contribution >= 0.6 is 0 Å². The van der Waals surface area contributed by atoms with Gasteiger partial charge in [-0.3, -0.25) is 9.59 Å². The van der Waals surface area contributed by atoms with Crippen molar-refractivity contribution in [1.82, 2.24) is 4.57 Å². The monoisotopic (exact) mass is 439 g/mol. The molecule has 0 radical (unpaired) electrons. The number of hydrogen-bond donors (Lipinski definition) is 0. The van der Waals surface area contributed by atoms with Crippen LogP contribution in [-0.4, -0.2) is 23.1 Å². The lowest BCUT2D eigenvalue weighted by Crippen LogP contribution is -2.36. The minimum Gasteiger partial charge on any atom is -0.465 e. The van der Waals surface area contributed by atoms with Crippen molar-refractivity contribution >= 4 is 11.9 Å². The number of cyclic esters (lactones) is 1. The molecule has 1 saturated heterocycles. The number of carbonyl (C=O) groups excluding carboxylic acids is 2. The van der Waals surface area contributed by atoms with Crippen LogP contribution in [0.4, 0.5) is 0 Å². The minimum atomic E-state index is -0.202. The molecule has 0 bridgehead atoms. The highest BCUT2D eigenvalue weighted by atomic mass is 16.5. The third-order valence-electron chi connectivity index (χ3n) is 7.20. The first-order valence-corrected chi connectivity index (χ1v) is 12.0. The van der Waals surface area contributed by atoms with Crippen LogP contribution in [0.2, 0.25) is 0 Å². The van der Waals surface area contributed by atoms with Gasteiger partial charge in [0.2, 0.25) is 13.1 Å². The van der Waals surface area contributed by atoms with E-state index in [1.165, 1.54) is 19.3 Å². The van der Waals surface area contributed by atoms with Gasteiger partial charge < -0.3 is 9.47 Å². The molecule has 1 saturated carbocycles. The SMILES string of the molecule is CC[C@@H]1C(=O)OC[C@@H]1Cc1c[n+](COC(=O)C(c2ccccc2)C2CCCCC2)cn1C. The maximum absolute atomic E-state index is 13.2. The molecule has 6 heteroatoms. The van der Waals surface area contributed by atoms with E-state index in [4.69, 9.17) is 9.47 Å². The van der Waals surface area contributed by atoms with Crippen LogP contribution < -0.4 is 4.57 Å². The Balaban J connectivity index is 1.41. The van der Waals surface area contributed by atoms with Crippen LogP contribution in [0.3, 0.4) is 0 Å². The largest absolute Gasteiger partial charge is 0.465 e. The van der Waals surface area contributed by atoms with Gasteiger partial charge in [0.15, 0.2) is 0 Å². The molecule has 6 nitrogen and oxygen atoms in total. The molecule has 172 valence electrons. The quantitative estimate of drug-likeness (QED) is 0.462. The Kier molecular flexibility index (Phi) is 7.28. The Morgan fingerprint density at radius 3 is 2.69 bits per heavy atom. The number of nitrogens with zero attached hydrogens (tertiary/aromatic N) is 2. The summed E-state index contributed by atoms with van der Waals surface area (Å²) < 4.78 is 15.0. The first-order chi connectivity index (χ1) is 15.6. The highest BCUT2D eigenvalue weighted by Gasteiger charge is 2.37. The standard InChI is InChI=1S/C26H35N2O4/c1-3-23-21(16-31-25(23)29)14-22-15-28(17-27(22)2)18-32-26(30)24(19-10-6-4-7-11-19)20-12-8-5-9-13-20/h4,6-7,10-11,15,17,20-21,23-24H,3,5,8-9,12-14,16,18H2,1-2H3/q+1/t21-,23-,24?/m0/s1. The van der Waals surface area contributed by atoms with Gasteiger partial charge in [-0.2, -0.15) is 0 Å². The zero-order chi connectivity index (χ0) is 22.5. The number of carbonyl (C=O) groups is 2. The van der Waals surface area contributed by atoms with Crippen LogP contribution in [0.1, 0.15) is 62.6 Å². The van der Waals surface area contributed by atoms with E-state index in [1.54, 1.807) is 0 Å². The molecular formula is C26H35N2O4+. The maximum Gasteiger partial charge on any atom is 0.316 e. The number of aromatic nitrogens is 2. The molecule has 2 aliphatic rings. The lowest BCUT2D eigenvalue weighted by atomic mass is 9.77. The zero-order valence-electron chi connectivity index (χ0n) is 19.2. The molecule has 4 rings (SSSR count). The van der Waals surface area contributed by atoms with Gasteiger partial charge in [-0.1, -0.05) is 56.5 Å². The second kappa shape index (κ2) is 10.3. The highest BCUT2D eigenvalue weighted by Crippen LogP contribution is 2.37. The molecule has 3 atom stereocenters. The summed E-state index contributed by atoms with van der Waals surface area (Å²) in [6.07, 6.45) is 11.3. The second-order valence-electron chi connectivity index (χ2n) is 9.35. The van der Waals surface area contributed by atoms with Gasteiger partial charge >= 0.3 is 11.9 Å². The number of ether oxygens (including phenoxy) is 2. The Morgan fingerprint density at radius 1 is 1.22 bits per heavy atom. The molecule has 2 fully saturated rings. The summed E-state index contributed by atoms with van der Waals surface area (Å²) >= 11 is 0. The fourth-order valence-electron chi connectivity index (χ4n) is 5.41.